The van der Waals surface area contributed by atoms with E-state index in [1.165, 1.54) is 0 Å². The molecule has 0 amide bonds. The number of aromatic hydroxyl groups is 1. The average Bonchev–Trinajstić information content (AvgIpc) is 2.58. The molecule has 0 aliphatic rings. The molecule has 0 saturated heterocycles. The van der Waals surface area contributed by atoms with Crippen LogP contribution in [0, 0.1) is 3.57 Å². The lowest BCUT2D eigenvalue weighted by Gasteiger charge is -2.09. The molecule has 118 valence electrons. The molecule has 2 aromatic carbocycles. The molecule has 0 aliphatic heterocycles. The lowest BCUT2D eigenvalue weighted by molar-refractivity contribution is 0.410. The van der Waals surface area contributed by atoms with E-state index in [-0.39, 0.29) is 5.76 Å². The van der Waals surface area contributed by atoms with E-state index >= 15 is 0 Å². The minimum atomic E-state index is -0.474. The maximum atomic E-state index is 12.4. The third-order valence-corrected chi connectivity index (χ3v) is 4.34. The number of benzene rings is 2. The standard InChI is InChI=1S/C17H13IO5/c1-21-10-5-3-9(4-6-10)17-16(20)15(19)11-7-12(18)14(22-2)8-13(11)23-17/h3-8,20H,1-2H3. The van der Waals surface area contributed by atoms with Crippen molar-refractivity contribution in [1.29, 1.82) is 0 Å². The smallest absolute Gasteiger partial charge is 0.235 e. The van der Waals surface area contributed by atoms with Crippen molar-refractivity contribution in [3.63, 3.8) is 0 Å². The second kappa shape index (κ2) is 6.11. The van der Waals surface area contributed by atoms with E-state index in [4.69, 9.17) is 13.9 Å². The molecule has 0 radical (unpaired) electrons. The maximum absolute atomic E-state index is 12.4. The van der Waals surface area contributed by atoms with Crippen molar-refractivity contribution in [2.45, 2.75) is 0 Å². The van der Waals surface area contributed by atoms with Gasteiger partial charge in [-0.1, -0.05) is 0 Å². The van der Waals surface area contributed by atoms with E-state index in [1.807, 2.05) is 0 Å². The molecule has 6 heteroatoms. The molecule has 0 spiro atoms. The van der Waals surface area contributed by atoms with Gasteiger partial charge in [-0.25, -0.2) is 0 Å². The normalized spacial score (nSPS) is 10.7. The Hall–Kier alpha value is -2.22. The van der Waals surface area contributed by atoms with Crippen LogP contribution >= 0.6 is 22.6 Å². The number of methoxy groups -OCH3 is 2. The molecule has 0 unspecified atom stereocenters. The minimum Gasteiger partial charge on any atom is -0.502 e. The zero-order valence-electron chi connectivity index (χ0n) is 12.4. The summed E-state index contributed by atoms with van der Waals surface area (Å²) in [6, 6.07) is 10.2. The van der Waals surface area contributed by atoms with Gasteiger partial charge in [0.1, 0.15) is 17.1 Å². The summed E-state index contributed by atoms with van der Waals surface area (Å²) < 4.78 is 16.9. The van der Waals surface area contributed by atoms with Gasteiger partial charge in [0.2, 0.25) is 11.2 Å². The monoisotopic (exact) mass is 424 g/mol. The van der Waals surface area contributed by atoms with Crippen molar-refractivity contribution in [2.75, 3.05) is 14.2 Å². The summed E-state index contributed by atoms with van der Waals surface area (Å²) in [5.74, 6) is 0.984. The zero-order chi connectivity index (χ0) is 16.6. The highest BCUT2D eigenvalue weighted by molar-refractivity contribution is 14.1. The van der Waals surface area contributed by atoms with Crippen LogP contribution in [-0.4, -0.2) is 19.3 Å². The van der Waals surface area contributed by atoms with Crippen LogP contribution in [0.1, 0.15) is 0 Å². The number of hydrogen-bond acceptors (Lipinski definition) is 5. The van der Waals surface area contributed by atoms with E-state index in [0.717, 1.165) is 3.57 Å². The SMILES string of the molecule is COc1ccc(-c2oc3cc(OC)c(I)cc3c(=O)c2O)cc1. The molecule has 5 nitrogen and oxygen atoms in total. The van der Waals surface area contributed by atoms with Crippen LogP contribution in [-0.2, 0) is 0 Å². The summed E-state index contributed by atoms with van der Waals surface area (Å²) in [7, 11) is 3.11. The van der Waals surface area contributed by atoms with Crippen LogP contribution in [0.5, 0.6) is 17.2 Å². The van der Waals surface area contributed by atoms with Crippen molar-refractivity contribution in [1.82, 2.24) is 0 Å². The third-order valence-electron chi connectivity index (χ3n) is 3.49. The van der Waals surface area contributed by atoms with E-state index in [9.17, 15) is 9.90 Å². The van der Waals surface area contributed by atoms with E-state index in [0.29, 0.717) is 28.0 Å². The Morgan fingerprint density at radius 1 is 1.09 bits per heavy atom. The lowest BCUT2D eigenvalue weighted by atomic mass is 10.1. The van der Waals surface area contributed by atoms with Gasteiger partial charge in [0.25, 0.3) is 0 Å². The molecule has 0 fully saturated rings. The first-order chi connectivity index (χ1) is 11.0. The number of fused-ring (bicyclic) bond motifs is 1. The first-order valence-corrected chi connectivity index (χ1v) is 7.80. The Bertz CT molecular complexity index is 928. The fraction of sp³-hybridized carbons (Fsp3) is 0.118. The molecular formula is C17H13IO5. The molecular weight excluding hydrogens is 411 g/mol. The van der Waals surface area contributed by atoms with Gasteiger partial charge in [-0.15, -0.1) is 0 Å². The molecule has 1 N–H and O–H groups in total. The van der Waals surface area contributed by atoms with E-state index in [2.05, 4.69) is 22.6 Å². The molecule has 0 atom stereocenters. The van der Waals surface area contributed by atoms with Gasteiger partial charge in [-0.3, -0.25) is 4.79 Å². The zero-order valence-corrected chi connectivity index (χ0v) is 14.6. The largest absolute Gasteiger partial charge is 0.502 e. The minimum absolute atomic E-state index is 0.119. The van der Waals surface area contributed by atoms with Gasteiger partial charge in [0.15, 0.2) is 5.76 Å². The summed E-state index contributed by atoms with van der Waals surface area (Å²) >= 11 is 2.06. The van der Waals surface area contributed by atoms with Crippen LogP contribution in [0.15, 0.2) is 45.6 Å². The van der Waals surface area contributed by atoms with Crippen LogP contribution in [0.4, 0.5) is 0 Å². The Morgan fingerprint density at radius 3 is 2.39 bits per heavy atom. The quantitative estimate of drug-likeness (QED) is 0.649. The lowest BCUT2D eigenvalue weighted by Crippen LogP contribution is -2.03. The number of ether oxygens (including phenoxy) is 2. The second-order valence-corrected chi connectivity index (χ2v) is 5.98. The molecule has 3 aromatic rings. The Labute approximate surface area is 145 Å². The summed E-state index contributed by atoms with van der Waals surface area (Å²) in [5.41, 5.74) is 0.466. The van der Waals surface area contributed by atoms with Gasteiger partial charge in [0.05, 0.1) is 23.2 Å². The maximum Gasteiger partial charge on any atom is 0.235 e. The first-order valence-electron chi connectivity index (χ1n) is 6.73. The molecule has 0 aliphatic carbocycles. The molecule has 1 heterocycles. The highest BCUT2D eigenvalue weighted by Crippen LogP contribution is 2.33. The predicted octanol–water partition coefficient (Wildman–Crippen LogP) is 3.79. The first kappa shape index (κ1) is 15.7. The Morgan fingerprint density at radius 2 is 1.78 bits per heavy atom. The average molecular weight is 424 g/mol. The van der Waals surface area contributed by atoms with Crippen molar-refractivity contribution in [3.05, 3.63) is 50.2 Å². The van der Waals surface area contributed by atoms with Gasteiger partial charge in [-0.2, -0.15) is 0 Å². The molecule has 1 aromatic heterocycles. The van der Waals surface area contributed by atoms with Crippen molar-refractivity contribution in [3.8, 4) is 28.6 Å². The molecule has 0 saturated carbocycles. The second-order valence-electron chi connectivity index (χ2n) is 4.82. The van der Waals surface area contributed by atoms with Gasteiger partial charge >= 0.3 is 0 Å². The molecule has 3 rings (SSSR count). The van der Waals surface area contributed by atoms with E-state index < -0.39 is 11.2 Å². The third kappa shape index (κ3) is 2.74. The molecule has 0 bridgehead atoms. The number of hydrogen-bond donors (Lipinski definition) is 1. The fourth-order valence-corrected chi connectivity index (χ4v) is 2.97. The topological polar surface area (TPSA) is 68.9 Å². The van der Waals surface area contributed by atoms with Crippen LogP contribution in [0.25, 0.3) is 22.3 Å². The van der Waals surface area contributed by atoms with Crippen LogP contribution in [0.2, 0.25) is 0 Å². The predicted molar refractivity (Wildman–Crippen MR) is 95.4 cm³/mol. The van der Waals surface area contributed by atoms with Crippen molar-refractivity contribution < 1.29 is 19.0 Å². The summed E-state index contributed by atoms with van der Waals surface area (Å²) in [6.07, 6.45) is 0. The number of halogens is 1. The molecule has 23 heavy (non-hydrogen) atoms. The highest BCUT2D eigenvalue weighted by atomic mass is 127. The van der Waals surface area contributed by atoms with Crippen LogP contribution < -0.4 is 14.9 Å². The van der Waals surface area contributed by atoms with Gasteiger partial charge < -0.3 is 19.0 Å². The Balaban J connectivity index is 2.26. The number of rotatable bonds is 3. The van der Waals surface area contributed by atoms with Crippen molar-refractivity contribution >= 4 is 33.6 Å². The van der Waals surface area contributed by atoms with E-state index in [1.54, 1.807) is 50.6 Å². The highest BCUT2D eigenvalue weighted by Gasteiger charge is 2.17. The van der Waals surface area contributed by atoms with Gasteiger partial charge in [0, 0.05) is 11.6 Å². The van der Waals surface area contributed by atoms with Gasteiger partial charge in [-0.05, 0) is 52.9 Å². The fourth-order valence-electron chi connectivity index (χ4n) is 2.28. The van der Waals surface area contributed by atoms with Crippen molar-refractivity contribution in [2.24, 2.45) is 0 Å². The summed E-state index contributed by atoms with van der Waals surface area (Å²) in [5, 5.41) is 10.5. The summed E-state index contributed by atoms with van der Waals surface area (Å²) in [4.78, 5) is 12.4. The Kier molecular flexibility index (Phi) is 4.16. The van der Waals surface area contributed by atoms with Crippen LogP contribution in [0.3, 0.4) is 0 Å². The summed E-state index contributed by atoms with van der Waals surface area (Å²) in [6.45, 7) is 0.